The molecule has 0 bridgehead atoms. The second-order valence-corrected chi connectivity index (χ2v) is 9.15. The van der Waals surface area contributed by atoms with E-state index in [0.717, 1.165) is 38.0 Å². The van der Waals surface area contributed by atoms with Crippen LogP contribution >= 0.6 is 0 Å². The van der Waals surface area contributed by atoms with Gasteiger partial charge in [-0.3, -0.25) is 0 Å². The van der Waals surface area contributed by atoms with Crippen molar-refractivity contribution >= 4 is 0 Å². The molecule has 0 amide bonds. The van der Waals surface area contributed by atoms with Crippen LogP contribution in [0.25, 0.3) is 0 Å². The summed E-state index contributed by atoms with van der Waals surface area (Å²) in [6.07, 6.45) is 2.58. The zero-order valence-corrected chi connectivity index (χ0v) is 15.4. The molecule has 0 aromatic rings. The largest absolute Gasteiger partial charge is 0.315 e. The molecule has 0 spiro atoms. The summed E-state index contributed by atoms with van der Waals surface area (Å²) in [6, 6.07) is 0. The fourth-order valence-electron chi connectivity index (χ4n) is 3.11. The summed E-state index contributed by atoms with van der Waals surface area (Å²) in [5.74, 6) is 1.52. The molecule has 2 nitrogen and oxygen atoms in total. The molecule has 0 aromatic heterocycles. The lowest BCUT2D eigenvalue weighted by atomic mass is 9.85. The van der Waals surface area contributed by atoms with Gasteiger partial charge >= 0.3 is 0 Å². The maximum Gasteiger partial charge on any atom is 0.00768 e. The van der Waals surface area contributed by atoms with Gasteiger partial charge in [0.05, 0.1) is 0 Å². The van der Waals surface area contributed by atoms with Crippen molar-refractivity contribution in [2.75, 3.05) is 26.2 Å². The molecule has 0 aliphatic heterocycles. The monoisotopic (exact) mass is 284 g/mol. The Hall–Kier alpha value is -0.0800. The Morgan fingerprint density at radius 2 is 0.950 bits per heavy atom. The molecular weight excluding hydrogens is 244 g/mol. The predicted octanol–water partition coefficient (Wildman–Crippen LogP) is 4.31. The van der Waals surface area contributed by atoms with Crippen LogP contribution in [0.15, 0.2) is 0 Å². The SMILES string of the molecule is CC(CNCCNCC(C)CC(C)(C)C)CC(C)(C)C. The zero-order valence-electron chi connectivity index (χ0n) is 15.4. The first-order valence-electron chi connectivity index (χ1n) is 8.41. The van der Waals surface area contributed by atoms with Crippen molar-refractivity contribution in [2.45, 2.75) is 68.2 Å². The van der Waals surface area contributed by atoms with Crippen LogP contribution in [0.3, 0.4) is 0 Å². The van der Waals surface area contributed by atoms with Crippen LogP contribution in [0.5, 0.6) is 0 Å². The molecule has 0 radical (unpaired) electrons. The molecule has 0 saturated heterocycles. The smallest absolute Gasteiger partial charge is 0.00768 e. The number of hydrogen-bond donors (Lipinski definition) is 2. The van der Waals surface area contributed by atoms with Gasteiger partial charge in [0.2, 0.25) is 0 Å². The van der Waals surface area contributed by atoms with Crippen molar-refractivity contribution < 1.29 is 0 Å². The topological polar surface area (TPSA) is 24.1 Å². The summed E-state index contributed by atoms with van der Waals surface area (Å²) in [7, 11) is 0. The Kier molecular flexibility index (Phi) is 9.01. The van der Waals surface area contributed by atoms with Crippen LogP contribution in [0.4, 0.5) is 0 Å². The third-order valence-corrected chi connectivity index (χ3v) is 3.39. The summed E-state index contributed by atoms with van der Waals surface area (Å²) >= 11 is 0. The highest BCUT2D eigenvalue weighted by molar-refractivity contribution is 4.70. The third-order valence-electron chi connectivity index (χ3n) is 3.39. The van der Waals surface area contributed by atoms with E-state index in [2.05, 4.69) is 66.0 Å². The van der Waals surface area contributed by atoms with Gasteiger partial charge < -0.3 is 10.6 Å². The maximum absolute atomic E-state index is 3.57. The van der Waals surface area contributed by atoms with Crippen LogP contribution in [0.1, 0.15) is 68.2 Å². The molecule has 20 heavy (non-hydrogen) atoms. The van der Waals surface area contributed by atoms with E-state index >= 15 is 0 Å². The van der Waals surface area contributed by atoms with E-state index in [0.29, 0.717) is 10.8 Å². The molecule has 0 aromatic carbocycles. The van der Waals surface area contributed by atoms with Gasteiger partial charge in [-0.25, -0.2) is 0 Å². The summed E-state index contributed by atoms with van der Waals surface area (Å²) < 4.78 is 0. The quantitative estimate of drug-likeness (QED) is 0.617. The summed E-state index contributed by atoms with van der Waals surface area (Å²) in [6.45, 7) is 23.0. The molecule has 0 aliphatic carbocycles. The van der Waals surface area contributed by atoms with Gasteiger partial charge in [-0.05, 0) is 48.6 Å². The number of rotatable bonds is 9. The van der Waals surface area contributed by atoms with Gasteiger partial charge in [0.15, 0.2) is 0 Å². The Morgan fingerprint density at radius 1 is 0.650 bits per heavy atom. The van der Waals surface area contributed by atoms with Crippen LogP contribution in [-0.4, -0.2) is 26.2 Å². The van der Waals surface area contributed by atoms with E-state index in [4.69, 9.17) is 0 Å². The Morgan fingerprint density at radius 3 is 1.20 bits per heavy atom. The summed E-state index contributed by atoms with van der Waals surface area (Å²) in [5.41, 5.74) is 0.892. The molecule has 2 atom stereocenters. The predicted molar refractivity (Wildman–Crippen MR) is 92.2 cm³/mol. The lowest BCUT2D eigenvalue weighted by Gasteiger charge is -2.24. The van der Waals surface area contributed by atoms with Crippen molar-refractivity contribution in [1.29, 1.82) is 0 Å². The van der Waals surface area contributed by atoms with Gasteiger partial charge in [-0.2, -0.15) is 0 Å². The zero-order chi connectivity index (χ0) is 15.8. The molecule has 0 aliphatic rings. The third kappa shape index (κ3) is 14.3. The van der Waals surface area contributed by atoms with Crippen LogP contribution in [-0.2, 0) is 0 Å². The Labute approximate surface area is 128 Å². The van der Waals surface area contributed by atoms with E-state index in [1.54, 1.807) is 0 Å². The minimum atomic E-state index is 0.446. The van der Waals surface area contributed by atoms with Crippen molar-refractivity contribution in [3.8, 4) is 0 Å². The van der Waals surface area contributed by atoms with E-state index in [1.165, 1.54) is 12.8 Å². The van der Waals surface area contributed by atoms with Crippen molar-refractivity contribution in [3.63, 3.8) is 0 Å². The second kappa shape index (κ2) is 9.04. The van der Waals surface area contributed by atoms with Crippen molar-refractivity contribution in [1.82, 2.24) is 10.6 Å². The first-order chi connectivity index (χ1) is 8.99. The molecule has 0 heterocycles. The van der Waals surface area contributed by atoms with E-state index in [-0.39, 0.29) is 0 Å². The van der Waals surface area contributed by atoms with Gasteiger partial charge in [0, 0.05) is 13.1 Å². The minimum absolute atomic E-state index is 0.446. The Bertz CT molecular complexity index is 209. The van der Waals surface area contributed by atoms with Gasteiger partial charge in [-0.1, -0.05) is 55.4 Å². The Balaban J connectivity index is 3.49. The van der Waals surface area contributed by atoms with Crippen LogP contribution in [0.2, 0.25) is 0 Å². The van der Waals surface area contributed by atoms with Crippen LogP contribution < -0.4 is 10.6 Å². The minimum Gasteiger partial charge on any atom is -0.315 e. The summed E-state index contributed by atoms with van der Waals surface area (Å²) in [4.78, 5) is 0. The normalized spacial score (nSPS) is 16.2. The molecule has 122 valence electrons. The first-order valence-corrected chi connectivity index (χ1v) is 8.41. The van der Waals surface area contributed by atoms with Crippen molar-refractivity contribution in [3.05, 3.63) is 0 Å². The fourth-order valence-corrected chi connectivity index (χ4v) is 3.11. The molecule has 2 N–H and O–H groups in total. The lowest BCUT2D eigenvalue weighted by Crippen LogP contribution is -2.33. The van der Waals surface area contributed by atoms with E-state index in [1.807, 2.05) is 0 Å². The van der Waals surface area contributed by atoms with Crippen LogP contribution in [0, 0.1) is 22.7 Å². The second-order valence-electron chi connectivity index (χ2n) is 9.15. The molecule has 2 unspecified atom stereocenters. The van der Waals surface area contributed by atoms with Gasteiger partial charge in [0.25, 0.3) is 0 Å². The molecular formula is C18H40N2. The van der Waals surface area contributed by atoms with E-state index < -0.39 is 0 Å². The highest BCUT2D eigenvalue weighted by Crippen LogP contribution is 2.24. The first kappa shape index (κ1) is 19.9. The maximum atomic E-state index is 3.57. The molecule has 0 fully saturated rings. The standard InChI is InChI=1S/C18H40N2/c1-15(11-17(3,4)5)13-19-9-10-20-14-16(2)12-18(6,7)8/h15-16,19-20H,9-14H2,1-8H3. The lowest BCUT2D eigenvalue weighted by molar-refractivity contribution is 0.294. The summed E-state index contributed by atoms with van der Waals surface area (Å²) in [5, 5.41) is 7.13. The number of hydrogen-bond acceptors (Lipinski definition) is 2. The highest BCUT2D eigenvalue weighted by Gasteiger charge is 2.15. The van der Waals surface area contributed by atoms with Crippen molar-refractivity contribution in [2.24, 2.45) is 22.7 Å². The van der Waals surface area contributed by atoms with Gasteiger partial charge in [-0.15, -0.1) is 0 Å². The average Bonchev–Trinajstić information content (AvgIpc) is 2.17. The molecule has 2 heteroatoms. The fraction of sp³-hybridized carbons (Fsp3) is 1.00. The molecule has 0 rings (SSSR count). The number of nitrogens with one attached hydrogen (secondary N) is 2. The average molecular weight is 285 g/mol. The van der Waals surface area contributed by atoms with Gasteiger partial charge in [0.1, 0.15) is 0 Å². The highest BCUT2D eigenvalue weighted by atomic mass is 14.9. The molecule has 0 saturated carbocycles. The van der Waals surface area contributed by atoms with E-state index in [9.17, 15) is 0 Å².